The Bertz CT molecular complexity index is 253. The Labute approximate surface area is 75.3 Å². The molecule has 1 aliphatic heterocycles. The first kappa shape index (κ1) is 10.0. The van der Waals surface area contributed by atoms with Crippen LogP contribution in [0, 0.1) is 0 Å². The third-order valence-corrected chi connectivity index (χ3v) is 1.90. The second kappa shape index (κ2) is 3.35. The largest absolute Gasteiger partial charge is 0.508 e. The van der Waals surface area contributed by atoms with Crippen molar-refractivity contribution in [3.05, 3.63) is 11.3 Å². The number of esters is 1. The molecule has 1 fully saturated rings. The fraction of sp³-hybridized carbons (Fsp3) is 0.625. The van der Waals surface area contributed by atoms with Gasteiger partial charge in [0.05, 0.1) is 0 Å². The molecule has 5 heteroatoms. The molecule has 13 heavy (non-hydrogen) atoms. The highest BCUT2D eigenvalue weighted by molar-refractivity contribution is 5.78. The number of hydrogen-bond acceptors (Lipinski definition) is 5. The van der Waals surface area contributed by atoms with Crippen LogP contribution in [0.5, 0.6) is 0 Å². The second-order valence-corrected chi connectivity index (χ2v) is 3.18. The molecule has 1 heterocycles. The Morgan fingerprint density at radius 3 is 2.23 bits per heavy atom. The van der Waals surface area contributed by atoms with Crippen LogP contribution in [0.25, 0.3) is 0 Å². The number of rotatable bonds is 1. The summed E-state index contributed by atoms with van der Waals surface area (Å²) in [6.45, 7) is 3.22. The first-order valence-electron chi connectivity index (χ1n) is 3.88. The molecule has 0 amide bonds. The van der Waals surface area contributed by atoms with E-state index < -0.39 is 24.3 Å². The molecular weight excluding hydrogens is 176 g/mol. The van der Waals surface area contributed by atoms with Crippen LogP contribution in [-0.2, 0) is 9.53 Å². The lowest BCUT2D eigenvalue weighted by Gasteiger charge is -2.13. The minimum Gasteiger partial charge on any atom is -0.508 e. The summed E-state index contributed by atoms with van der Waals surface area (Å²) in [7, 11) is 0. The van der Waals surface area contributed by atoms with Gasteiger partial charge in [-0.2, -0.15) is 0 Å². The number of aliphatic hydroxyl groups is 3. The van der Waals surface area contributed by atoms with E-state index in [1.165, 1.54) is 0 Å². The molecule has 0 spiro atoms. The smallest absolute Gasteiger partial charge is 0.338 e. The van der Waals surface area contributed by atoms with Crippen molar-refractivity contribution >= 4 is 5.97 Å². The summed E-state index contributed by atoms with van der Waals surface area (Å²) in [4.78, 5) is 10.8. The molecule has 1 aliphatic rings. The van der Waals surface area contributed by atoms with E-state index in [-0.39, 0.29) is 5.76 Å². The normalized spacial score (nSPS) is 32.9. The molecule has 0 radical (unpaired) electrons. The average Bonchev–Trinajstić information content (AvgIpc) is 2.31. The molecular formula is C8H12O5. The van der Waals surface area contributed by atoms with Gasteiger partial charge in [0.2, 0.25) is 0 Å². The summed E-state index contributed by atoms with van der Waals surface area (Å²) in [6, 6.07) is 0. The van der Waals surface area contributed by atoms with Crippen molar-refractivity contribution in [2.24, 2.45) is 0 Å². The molecule has 0 aliphatic carbocycles. The molecule has 5 nitrogen and oxygen atoms in total. The minimum absolute atomic E-state index is 0.211. The third-order valence-electron chi connectivity index (χ3n) is 1.90. The van der Waals surface area contributed by atoms with Crippen LogP contribution in [0.3, 0.4) is 0 Å². The summed E-state index contributed by atoms with van der Waals surface area (Å²) in [5.41, 5.74) is 0.533. The van der Waals surface area contributed by atoms with Gasteiger partial charge in [-0.15, -0.1) is 0 Å². The van der Waals surface area contributed by atoms with Gasteiger partial charge in [0.15, 0.2) is 12.2 Å². The van der Waals surface area contributed by atoms with Crippen molar-refractivity contribution < 1.29 is 24.9 Å². The Kier molecular flexibility index (Phi) is 2.58. The summed E-state index contributed by atoms with van der Waals surface area (Å²) in [5.74, 6) is -1.12. The zero-order valence-electron chi connectivity index (χ0n) is 7.39. The fourth-order valence-corrected chi connectivity index (χ4v) is 1.07. The van der Waals surface area contributed by atoms with Crippen LogP contribution in [0.15, 0.2) is 11.3 Å². The van der Waals surface area contributed by atoms with Gasteiger partial charge >= 0.3 is 5.97 Å². The highest BCUT2D eigenvalue weighted by Crippen LogP contribution is 2.22. The van der Waals surface area contributed by atoms with Crippen LogP contribution in [-0.4, -0.2) is 39.6 Å². The van der Waals surface area contributed by atoms with Crippen LogP contribution in [0.1, 0.15) is 13.8 Å². The van der Waals surface area contributed by atoms with Gasteiger partial charge in [-0.25, -0.2) is 4.79 Å². The van der Waals surface area contributed by atoms with Crippen molar-refractivity contribution in [3.8, 4) is 0 Å². The molecule has 0 bridgehead atoms. The van der Waals surface area contributed by atoms with Crippen molar-refractivity contribution in [2.45, 2.75) is 32.2 Å². The Hall–Kier alpha value is -1.07. The molecule has 3 atom stereocenters. The molecule has 0 unspecified atom stereocenters. The highest BCUT2D eigenvalue weighted by Gasteiger charge is 2.44. The summed E-state index contributed by atoms with van der Waals surface area (Å²) in [5, 5.41) is 27.6. The van der Waals surface area contributed by atoms with Crippen LogP contribution >= 0.6 is 0 Å². The van der Waals surface area contributed by atoms with Crippen molar-refractivity contribution in [1.29, 1.82) is 0 Å². The van der Waals surface area contributed by atoms with E-state index in [9.17, 15) is 15.0 Å². The van der Waals surface area contributed by atoms with Crippen LogP contribution < -0.4 is 0 Å². The number of ether oxygens (including phenoxy) is 1. The first-order valence-corrected chi connectivity index (χ1v) is 3.88. The average molecular weight is 188 g/mol. The van der Waals surface area contributed by atoms with Gasteiger partial charge in [0, 0.05) is 0 Å². The summed E-state index contributed by atoms with van der Waals surface area (Å²) >= 11 is 0. The second-order valence-electron chi connectivity index (χ2n) is 3.18. The SMILES string of the molecule is CC(C)=C(O)[C@H]1OC(=O)[C@H](O)[C@@H]1O. The number of carbonyl (C=O) groups is 1. The fourth-order valence-electron chi connectivity index (χ4n) is 1.07. The van der Waals surface area contributed by atoms with E-state index in [1.807, 2.05) is 0 Å². The first-order chi connectivity index (χ1) is 5.95. The lowest BCUT2D eigenvalue weighted by molar-refractivity contribution is -0.147. The van der Waals surface area contributed by atoms with Crippen molar-refractivity contribution in [3.63, 3.8) is 0 Å². The molecule has 0 aromatic rings. The Balaban J connectivity index is 2.86. The monoisotopic (exact) mass is 188 g/mol. The quantitative estimate of drug-likeness (QED) is 0.381. The maximum atomic E-state index is 10.8. The lowest BCUT2D eigenvalue weighted by Crippen LogP contribution is -2.32. The summed E-state index contributed by atoms with van der Waals surface area (Å²) < 4.78 is 4.56. The summed E-state index contributed by atoms with van der Waals surface area (Å²) in [6.07, 6.45) is -4.08. The van der Waals surface area contributed by atoms with Gasteiger partial charge in [-0.05, 0) is 19.4 Å². The van der Waals surface area contributed by atoms with Crippen LogP contribution in [0.2, 0.25) is 0 Å². The van der Waals surface area contributed by atoms with Crippen molar-refractivity contribution in [2.75, 3.05) is 0 Å². The number of allylic oxidation sites excluding steroid dienone is 1. The van der Waals surface area contributed by atoms with Gasteiger partial charge in [0.25, 0.3) is 0 Å². The lowest BCUT2D eigenvalue weighted by atomic mass is 10.1. The maximum absolute atomic E-state index is 10.8. The molecule has 0 aromatic heterocycles. The van der Waals surface area contributed by atoms with E-state index in [4.69, 9.17) is 5.11 Å². The van der Waals surface area contributed by atoms with Gasteiger partial charge in [-0.1, -0.05) is 0 Å². The predicted octanol–water partition coefficient (Wildman–Crippen LogP) is -0.515. The van der Waals surface area contributed by atoms with Gasteiger partial charge in [0.1, 0.15) is 11.9 Å². The molecule has 74 valence electrons. The number of cyclic esters (lactones) is 1. The standard InChI is InChI=1S/C8H12O5/c1-3(2)4(9)7-5(10)6(11)8(12)13-7/h5-7,9-11H,1-2H3/t5-,6+,7+/m0/s1. The highest BCUT2D eigenvalue weighted by atomic mass is 16.6. The van der Waals surface area contributed by atoms with Crippen LogP contribution in [0.4, 0.5) is 0 Å². The van der Waals surface area contributed by atoms with E-state index in [0.29, 0.717) is 5.57 Å². The maximum Gasteiger partial charge on any atom is 0.338 e. The predicted molar refractivity (Wildman–Crippen MR) is 42.9 cm³/mol. The number of hydrogen-bond donors (Lipinski definition) is 3. The number of carbonyl (C=O) groups excluding carboxylic acids is 1. The number of aliphatic hydroxyl groups excluding tert-OH is 3. The van der Waals surface area contributed by atoms with E-state index in [1.54, 1.807) is 13.8 Å². The van der Waals surface area contributed by atoms with E-state index in [0.717, 1.165) is 0 Å². The van der Waals surface area contributed by atoms with E-state index >= 15 is 0 Å². The molecule has 1 saturated heterocycles. The zero-order chi connectivity index (χ0) is 10.2. The van der Waals surface area contributed by atoms with Gasteiger partial charge < -0.3 is 20.1 Å². The Morgan fingerprint density at radius 2 is 1.92 bits per heavy atom. The minimum atomic E-state index is -1.56. The Morgan fingerprint density at radius 1 is 1.38 bits per heavy atom. The molecule has 1 rings (SSSR count). The molecule has 0 aromatic carbocycles. The third kappa shape index (κ3) is 1.66. The van der Waals surface area contributed by atoms with Crippen molar-refractivity contribution in [1.82, 2.24) is 0 Å². The molecule has 3 N–H and O–H groups in total. The van der Waals surface area contributed by atoms with E-state index in [2.05, 4.69) is 4.74 Å². The zero-order valence-corrected chi connectivity index (χ0v) is 7.39. The topological polar surface area (TPSA) is 87.0 Å². The van der Waals surface area contributed by atoms with Gasteiger partial charge in [-0.3, -0.25) is 0 Å². The molecule has 0 saturated carbocycles.